The first kappa shape index (κ1) is 26.5. The van der Waals surface area contributed by atoms with Crippen molar-refractivity contribution in [3.05, 3.63) is 59.7 Å². The van der Waals surface area contributed by atoms with E-state index in [1.165, 1.54) is 48.6 Å². The smallest absolute Gasteiger partial charge is 0.333 e. The predicted molar refractivity (Wildman–Crippen MR) is 121 cm³/mol. The number of hydrogen-bond acceptors (Lipinski definition) is 12. The lowest BCUT2D eigenvalue weighted by Crippen LogP contribution is -2.60. The van der Waals surface area contributed by atoms with E-state index in [2.05, 4.69) is 0 Å². The number of aliphatic hydroxyl groups is 3. The van der Waals surface area contributed by atoms with Gasteiger partial charge in [-0.2, -0.15) is 0 Å². The van der Waals surface area contributed by atoms with Gasteiger partial charge < -0.3 is 50.0 Å². The highest BCUT2D eigenvalue weighted by atomic mass is 16.7. The quantitative estimate of drug-likeness (QED) is 0.153. The minimum absolute atomic E-state index is 0.330. The minimum atomic E-state index is -1.79. The van der Waals surface area contributed by atoms with Gasteiger partial charge >= 0.3 is 11.9 Å². The Morgan fingerprint density at radius 2 is 1.28 bits per heavy atom. The summed E-state index contributed by atoms with van der Waals surface area (Å²) in [6.07, 6.45) is -3.84. The Morgan fingerprint density at radius 1 is 0.778 bits per heavy atom. The highest BCUT2D eigenvalue weighted by Gasteiger charge is 2.48. The van der Waals surface area contributed by atoms with E-state index >= 15 is 0 Å². The molecule has 0 saturated carbocycles. The van der Waals surface area contributed by atoms with Crippen LogP contribution in [0.4, 0.5) is 0 Å². The zero-order valence-corrected chi connectivity index (χ0v) is 18.5. The molecule has 5 atom stereocenters. The third-order valence-corrected chi connectivity index (χ3v) is 5.13. The highest BCUT2D eigenvalue weighted by molar-refractivity contribution is 5.88. The molecule has 0 amide bonds. The maximum absolute atomic E-state index is 12.3. The van der Waals surface area contributed by atoms with Gasteiger partial charge in [0.05, 0.1) is 6.61 Å². The van der Waals surface area contributed by atoms with Crippen molar-refractivity contribution in [3.8, 4) is 23.0 Å². The van der Waals surface area contributed by atoms with E-state index in [4.69, 9.17) is 14.2 Å². The van der Waals surface area contributed by atoms with E-state index in [1.54, 1.807) is 0 Å². The van der Waals surface area contributed by atoms with Crippen molar-refractivity contribution in [3.63, 3.8) is 0 Å². The van der Waals surface area contributed by atoms with Gasteiger partial charge in [0, 0.05) is 12.2 Å². The number of aromatic hydroxyl groups is 4. The lowest BCUT2D eigenvalue weighted by Gasteiger charge is -2.40. The number of aliphatic hydroxyl groups excluding tert-OH is 3. The zero-order valence-electron chi connectivity index (χ0n) is 18.5. The lowest BCUT2D eigenvalue weighted by molar-refractivity contribution is -0.293. The van der Waals surface area contributed by atoms with Crippen molar-refractivity contribution in [2.24, 2.45) is 0 Å². The fourth-order valence-corrected chi connectivity index (χ4v) is 3.22. The fraction of sp³-hybridized carbons (Fsp3) is 0.250. The van der Waals surface area contributed by atoms with Gasteiger partial charge in [-0.25, -0.2) is 9.59 Å². The molecule has 5 unspecified atom stereocenters. The summed E-state index contributed by atoms with van der Waals surface area (Å²) >= 11 is 0. The number of carbonyl (C=O) groups is 2. The molecule has 0 aliphatic carbocycles. The molecule has 0 bridgehead atoms. The van der Waals surface area contributed by atoms with Crippen molar-refractivity contribution >= 4 is 24.1 Å². The van der Waals surface area contributed by atoms with Gasteiger partial charge in [0.25, 0.3) is 0 Å². The first-order valence-electron chi connectivity index (χ1n) is 10.5. The van der Waals surface area contributed by atoms with Gasteiger partial charge in [0.15, 0.2) is 29.1 Å². The van der Waals surface area contributed by atoms with Crippen molar-refractivity contribution in [1.82, 2.24) is 0 Å². The molecular weight excluding hydrogens is 480 g/mol. The van der Waals surface area contributed by atoms with E-state index in [-0.39, 0.29) is 11.5 Å². The molecule has 192 valence electrons. The van der Waals surface area contributed by atoms with Gasteiger partial charge in [-0.1, -0.05) is 12.1 Å². The maximum atomic E-state index is 12.3. The SMILES string of the molecule is O=C(C=Cc1ccc(O)c(O)c1)OC1OC(CO)C(O)C(O)C1OC(=O)C=Cc1ccc(O)c(O)c1. The predicted octanol–water partition coefficient (Wildman–Crippen LogP) is 0.130. The molecule has 7 N–H and O–H groups in total. The third-order valence-electron chi connectivity index (χ3n) is 5.13. The first-order valence-corrected chi connectivity index (χ1v) is 10.5. The fourth-order valence-electron chi connectivity index (χ4n) is 3.22. The minimum Gasteiger partial charge on any atom is -0.504 e. The standard InChI is InChI=1S/C24H24O12/c25-11-18-21(32)22(33)23(35-19(30)7-3-12-1-5-14(26)16(28)9-12)24(34-18)36-20(31)8-4-13-2-6-15(27)17(29)10-13/h1-10,18,21-29,32-33H,11H2. The van der Waals surface area contributed by atoms with Crippen LogP contribution >= 0.6 is 0 Å². The van der Waals surface area contributed by atoms with Crippen molar-refractivity contribution in [1.29, 1.82) is 0 Å². The van der Waals surface area contributed by atoms with Crippen LogP contribution in [0, 0.1) is 0 Å². The van der Waals surface area contributed by atoms with Crippen molar-refractivity contribution < 1.29 is 59.5 Å². The molecule has 0 aromatic heterocycles. The Bertz CT molecular complexity index is 1160. The van der Waals surface area contributed by atoms with E-state index in [9.17, 15) is 45.3 Å². The van der Waals surface area contributed by atoms with Crippen LogP contribution in [-0.2, 0) is 23.8 Å². The molecule has 12 heteroatoms. The summed E-state index contributed by atoms with van der Waals surface area (Å²) in [5.74, 6) is -3.57. The van der Waals surface area contributed by atoms with Gasteiger partial charge in [-0.3, -0.25) is 0 Å². The summed E-state index contributed by atoms with van der Waals surface area (Å²) in [4.78, 5) is 24.6. The second-order valence-corrected chi connectivity index (χ2v) is 7.71. The van der Waals surface area contributed by atoms with Gasteiger partial charge in [-0.05, 0) is 47.5 Å². The van der Waals surface area contributed by atoms with Gasteiger partial charge in [-0.15, -0.1) is 0 Å². The Labute approximate surface area is 204 Å². The lowest BCUT2D eigenvalue weighted by atomic mass is 9.99. The van der Waals surface area contributed by atoms with Gasteiger partial charge in [0.2, 0.25) is 6.29 Å². The molecule has 1 saturated heterocycles. The summed E-state index contributed by atoms with van der Waals surface area (Å²) in [7, 11) is 0. The second kappa shape index (κ2) is 11.6. The van der Waals surface area contributed by atoms with Crippen LogP contribution in [-0.4, -0.2) is 85.0 Å². The number of hydrogen-bond donors (Lipinski definition) is 7. The molecule has 1 aliphatic heterocycles. The van der Waals surface area contributed by atoms with E-state index in [0.717, 1.165) is 12.2 Å². The highest BCUT2D eigenvalue weighted by Crippen LogP contribution is 2.28. The molecule has 12 nitrogen and oxygen atoms in total. The Hall–Kier alpha value is -4.10. The van der Waals surface area contributed by atoms with Gasteiger partial charge in [0.1, 0.15) is 18.3 Å². The summed E-state index contributed by atoms with van der Waals surface area (Å²) in [5.41, 5.74) is 0.667. The second-order valence-electron chi connectivity index (χ2n) is 7.71. The van der Waals surface area contributed by atoms with E-state index < -0.39 is 60.8 Å². The number of carbonyl (C=O) groups excluding carboxylic acids is 2. The zero-order chi connectivity index (χ0) is 26.4. The Balaban J connectivity index is 1.72. The van der Waals surface area contributed by atoms with Crippen LogP contribution in [0.3, 0.4) is 0 Å². The molecule has 0 radical (unpaired) electrons. The summed E-state index contributed by atoms with van der Waals surface area (Å²) < 4.78 is 15.6. The monoisotopic (exact) mass is 504 g/mol. The molecule has 0 spiro atoms. The number of esters is 2. The van der Waals surface area contributed by atoms with Crippen LogP contribution in [0.2, 0.25) is 0 Å². The largest absolute Gasteiger partial charge is 0.504 e. The third kappa shape index (κ3) is 6.52. The summed E-state index contributed by atoms with van der Waals surface area (Å²) in [5, 5.41) is 67.7. The molecule has 36 heavy (non-hydrogen) atoms. The van der Waals surface area contributed by atoms with E-state index in [0.29, 0.717) is 11.1 Å². The van der Waals surface area contributed by atoms with Crippen LogP contribution in [0.25, 0.3) is 12.2 Å². The Kier molecular flexibility index (Phi) is 8.51. The average Bonchev–Trinajstić information content (AvgIpc) is 2.85. The number of ether oxygens (including phenoxy) is 3. The van der Waals surface area contributed by atoms with Crippen molar-refractivity contribution in [2.75, 3.05) is 6.61 Å². The number of phenolic OH excluding ortho intramolecular Hbond substituents is 4. The van der Waals surface area contributed by atoms with Crippen LogP contribution < -0.4 is 0 Å². The topological polar surface area (TPSA) is 203 Å². The number of phenols is 4. The van der Waals surface area contributed by atoms with Crippen LogP contribution in [0.5, 0.6) is 23.0 Å². The molecule has 1 fully saturated rings. The van der Waals surface area contributed by atoms with E-state index in [1.807, 2.05) is 0 Å². The van der Waals surface area contributed by atoms with Crippen molar-refractivity contribution in [2.45, 2.75) is 30.7 Å². The molecule has 1 aliphatic rings. The Morgan fingerprint density at radius 3 is 1.75 bits per heavy atom. The molecule has 2 aromatic rings. The van der Waals surface area contributed by atoms with Crippen LogP contribution in [0.1, 0.15) is 11.1 Å². The maximum Gasteiger partial charge on any atom is 0.333 e. The van der Waals surface area contributed by atoms with Crippen LogP contribution in [0.15, 0.2) is 48.6 Å². The summed E-state index contributed by atoms with van der Waals surface area (Å²) in [6.45, 7) is -0.736. The molecular formula is C24H24O12. The molecule has 1 heterocycles. The molecule has 3 rings (SSSR count). The number of benzene rings is 2. The number of rotatable bonds is 7. The molecule has 2 aromatic carbocycles. The first-order chi connectivity index (χ1) is 17.1. The summed E-state index contributed by atoms with van der Waals surface area (Å²) in [6, 6.07) is 7.57. The average molecular weight is 504 g/mol. The normalized spacial score (nSPS) is 24.1.